The number of benzene rings is 1. The van der Waals surface area contributed by atoms with Crippen LogP contribution in [0.4, 0.5) is 4.39 Å². The van der Waals surface area contributed by atoms with Gasteiger partial charge in [0.2, 0.25) is 5.89 Å². The van der Waals surface area contributed by atoms with Gasteiger partial charge in [0.1, 0.15) is 12.1 Å². The van der Waals surface area contributed by atoms with Crippen LogP contribution < -0.4 is 0 Å². The van der Waals surface area contributed by atoms with Crippen LogP contribution in [0.2, 0.25) is 0 Å². The van der Waals surface area contributed by atoms with E-state index < -0.39 is 6.10 Å². The second-order valence-electron chi connectivity index (χ2n) is 3.68. The summed E-state index contributed by atoms with van der Waals surface area (Å²) in [4.78, 5) is 4.11. The zero-order valence-electron chi connectivity index (χ0n) is 8.85. The van der Waals surface area contributed by atoms with E-state index >= 15 is 0 Å². The molecule has 1 aromatic carbocycles. The number of hydrogen-bond acceptors (Lipinski definition) is 3. The number of aromatic nitrogens is 1. The van der Waals surface area contributed by atoms with Crippen molar-refractivity contribution in [2.45, 2.75) is 19.4 Å². The Morgan fingerprint density at radius 3 is 2.88 bits per heavy atom. The van der Waals surface area contributed by atoms with Gasteiger partial charge < -0.3 is 9.52 Å². The second-order valence-corrected chi connectivity index (χ2v) is 3.68. The fourth-order valence-electron chi connectivity index (χ4n) is 1.46. The van der Waals surface area contributed by atoms with E-state index in [4.69, 9.17) is 4.42 Å². The van der Waals surface area contributed by atoms with Crippen molar-refractivity contribution in [2.24, 2.45) is 0 Å². The Morgan fingerprint density at radius 1 is 1.44 bits per heavy atom. The minimum absolute atomic E-state index is 0.244. The summed E-state index contributed by atoms with van der Waals surface area (Å²) >= 11 is 0. The first kappa shape index (κ1) is 10.8. The molecule has 0 aliphatic carbocycles. The molecule has 0 amide bonds. The fourth-order valence-corrected chi connectivity index (χ4v) is 1.46. The van der Waals surface area contributed by atoms with Crippen LogP contribution in [0.25, 0.3) is 11.5 Å². The smallest absolute Gasteiger partial charge is 0.229 e. The van der Waals surface area contributed by atoms with Crippen molar-refractivity contribution in [3.63, 3.8) is 0 Å². The van der Waals surface area contributed by atoms with Gasteiger partial charge in [-0.3, -0.25) is 0 Å². The number of halogens is 1. The average molecular weight is 221 g/mol. The molecule has 84 valence electrons. The highest BCUT2D eigenvalue weighted by atomic mass is 19.1. The lowest BCUT2D eigenvalue weighted by molar-refractivity contribution is 0.194. The third-order valence-electron chi connectivity index (χ3n) is 2.16. The standard InChI is InChI=1S/C12H12FNO2/c1-8(15)6-9-7-16-12(14-9)10-4-2-3-5-11(10)13/h2-5,7-8,15H,6H2,1H3. The molecule has 0 aliphatic heterocycles. The molecule has 1 atom stereocenters. The van der Waals surface area contributed by atoms with Crippen LogP contribution in [0.5, 0.6) is 0 Å². The molecule has 3 nitrogen and oxygen atoms in total. The van der Waals surface area contributed by atoms with E-state index in [-0.39, 0.29) is 11.7 Å². The number of hydrogen-bond donors (Lipinski definition) is 1. The maximum absolute atomic E-state index is 13.4. The molecule has 0 saturated heterocycles. The van der Waals surface area contributed by atoms with E-state index in [2.05, 4.69) is 4.98 Å². The number of oxazole rings is 1. The van der Waals surface area contributed by atoms with Crippen molar-refractivity contribution >= 4 is 0 Å². The summed E-state index contributed by atoms with van der Waals surface area (Å²) in [6.45, 7) is 1.66. The summed E-state index contributed by atoms with van der Waals surface area (Å²) in [5.74, 6) is -0.123. The van der Waals surface area contributed by atoms with E-state index in [0.717, 1.165) is 0 Å². The van der Waals surface area contributed by atoms with Crippen molar-refractivity contribution in [1.29, 1.82) is 0 Å². The van der Waals surface area contributed by atoms with Crippen LogP contribution >= 0.6 is 0 Å². The van der Waals surface area contributed by atoms with Crippen LogP contribution in [0, 0.1) is 5.82 Å². The summed E-state index contributed by atoms with van der Waals surface area (Å²) in [6.07, 6.45) is 1.35. The predicted octanol–water partition coefficient (Wildman–Crippen LogP) is 2.40. The van der Waals surface area contributed by atoms with Gasteiger partial charge in [-0.25, -0.2) is 9.37 Å². The molecular weight excluding hydrogens is 209 g/mol. The molecule has 0 spiro atoms. The minimum Gasteiger partial charge on any atom is -0.444 e. The van der Waals surface area contributed by atoms with E-state index in [9.17, 15) is 9.50 Å². The SMILES string of the molecule is CC(O)Cc1coc(-c2ccccc2F)n1. The fraction of sp³-hybridized carbons (Fsp3) is 0.250. The zero-order chi connectivity index (χ0) is 11.5. The molecule has 0 saturated carbocycles. The van der Waals surface area contributed by atoms with Gasteiger partial charge in [0, 0.05) is 6.42 Å². The first-order valence-electron chi connectivity index (χ1n) is 5.04. The van der Waals surface area contributed by atoms with Gasteiger partial charge in [0.15, 0.2) is 0 Å². The Kier molecular flexibility index (Phi) is 3.01. The molecule has 0 fully saturated rings. The Balaban J connectivity index is 2.28. The van der Waals surface area contributed by atoms with Crippen LogP contribution in [-0.4, -0.2) is 16.2 Å². The summed E-state index contributed by atoms with van der Waals surface area (Å²) < 4.78 is 18.6. The van der Waals surface area contributed by atoms with E-state index in [1.54, 1.807) is 25.1 Å². The first-order chi connectivity index (χ1) is 7.66. The molecule has 2 rings (SSSR count). The maximum atomic E-state index is 13.4. The zero-order valence-corrected chi connectivity index (χ0v) is 8.85. The third-order valence-corrected chi connectivity index (χ3v) is 2.16. The molecule has 2 aromatic rings. The largest absolute Gasteiger partial charge is 0.444 e. The molecule has 1 heterocycles. The number of aliphatic hydroxyl groups is 1. The van der Waals surface area contributed by atoms with Crippen LogP contribution in [0.3, 0.4) is 0 Å². The van der Waals surface area contributed by atoms with E-state index in [1.165, 1.54) is 12.3 Å². The first-order valence-corrected chi connectivity index (χ1v) is 5.04. The topological polar surface area (TPSA) is 46.3 Å². The molecule has 16 heavy (non-hydrogen) atoms. The Morgan fingerprint density at radius 2 is 2.19 bits per heavy atom. The van der Waals surface area contributed by atoms with Crippen molar-refractivity contribution < 1.29 is 13.9 Å². The molecule has 1 N–H and O–H groups in total. The Labute approximate surface area is 92.6 Å². The van der Waals surface area contributed by atoms with Crippen LogP contribution in [0.15, 0.2) is 34.9 Å². The lowest BCUT2D eigenvalue weighted by atomic mass is 10.2. The van der Waals surface area contributed by atoms with Crippen molar-refractivity contribution in [3.05, 3.63) is 42.0 Å². The van der Waals surface area contributed by atoms with E-state index in [0.29, 0.717) is 17.7 Å². The number of rotatable bonds is 3. The molecular formula is C12H12FNO2. The number of aliphatic hydroxyl groups excluding tert-OH is 1. The second kappa shape index (κ2) is 4.45. The highest BCUT2D eigenvalue weighted by Gasteiger charge is 2.11. The Bertz CT molecular complexity index is 479. The predicted molar refractivity (Wildman–Crippen MR) is 57.3 cm³/mol. The maximum Gasteiger partial charge on any atom is 0.229 e. The van der Waals surface area contributed by atoms with Crippen molar-refractivity contribution in [2.75, 3.05) is 0 Å². The minimum atomic E-state index is -0.487. The quantitative estimate of drug-likeness (QED) is 0.865. The van der Waals surface area contributed by atoms with Gasteiger partial charge in [-0.2, -0.15) is 0 Å². The van der Waals surface area contributed by atoms with Crippen molar-refractivity contribution in [1.82, 2.24) is 4.98 Å². The summed E-state index contributed by atoms with van der Waals surface area (Å²) in [5.41, 5.74) is 0.951. The summed E-state index contributed by atoms with van der Waals surface area (Å²) in [7, 11) is 0. The normalized spacial score (nSPS) is 12.7. The lowest BCUT2D eigenvalue weighted by Crippen LogP contribution is -2.04. The van der Waals surface area contributed by atoms with Crippen LogP contribution in [0.1, 0.15) is 12.6 Å². The van der Waals surface area contributed by atoms with Gasteiger partial charge in [-0.05, 0) is 19.1 Å². The molecule has 0 bridgehead atoms. The van der Waals surface area contributed by atoms with Gasteiger partial charge in [0.25, 0.3) is 0 Å². The third kappa shape index (κ3) is 2.28. The molecule has 4 heteroatoms. The summed E-state index contributed by atoms with van der Waals surface area (Å²) in [6, 6.07) is 6.29. The van der Waals surface area contributed by atoms with Gasteiger partial charge in [0.05, 0.1) is 17.4 Å². The van der Waals surface area contributed by atoms with Crippen LogP contribution in [-0.2, 0) is 6.42 Å². The van der Waals surface area contributed by atoms with Crippen molar-refractivity contribution in [3.8, 4) is 11.5 Å². The molecule has 1 unspecified atom stereocenters. The molecule has 0 radical (unpaired) electrons. The number of nitrogens with zero attached hydrogens (tertiary/aromatic N) is 1. The van der Waals surface area contributed by atoms with Gasteiger partial charge in [-0.1, -0.05) is 12.1 Å². The highest BCUT2D eigenvalue weighted by molar-refractivity contribution is 5.53. The van der Waals surface area contributed by atoms with Gasteiger partial charge in [-0.15, -0.1) is 0 Å². The lowest BCUT2D eigenvalue weighted by Gasteiger charge is -1.98. The molecule has 0 aliphatic rings. The Hall–Kier alpha value is -1.68. The molecule has 1 aromatic heterocycles. The summed E-state index contributed by atoms with van der Waals surface area (Å²) in [5, 5.41) is 9.18. The van der Waals surface area contributed by atoms with E-state index in [1.807, 2.05) is 0 Å². The monoisotopic (exact) mass is 221 g/mol. The average Bonchev–Trinajstić information content (AvgIpc) is 2.66. The van der Waals surface area contributed by atoms with Gasteiger partial charge >= 0.3 is 0 Å². The highest BCUT2D eigenvalue weighted by Crippen LogP contribution is 2.21.